The van der Waals surface area contributed by atoms with Gasteiger partial charge < -0.3 is 11.1 Å². The van der Waals surface area contributed by atoms with Crippen LogP contribution in [0, 0.1) is 0 Å². The van der Waals surface area contributed by atoms with Crippen LogP contribution in [-0.4, -0.2) is 17.4 Å². The lowest BCUT2D eigenvalue weighted by Gasteiger charge is -2.05. The third-order valence-corrected chi connectivity index (χ3v) is 3.21. The Morgan fingerprint density at radius 1 is 1.59 bits per heavy atom. The highest BCUT2D eigenvalue weighted by Crippen LogP contribution is 2.32. The first kappa shape index (κ1) is 12.0. The first-order valence-electron chi connectivity index (χ1n) is 4.91. The minimum atomic E-state index is -0.266. The number of nitrogens with two attached hydrogens (primary N) is 1. The van der Waals surface area contributed by atoms with Crippen LogP contribution in [0.3, 0.4) is 0 Å². The Bertz CT molecular complexity index is 579. The number of nitrogens with one attached hydrogen (secondary N) is 1. The maximum absolute atomic E-state index is 11.6. The molecule has 0 aliphatic carbocycles. The second-order valence-corrected chi connectivity index (χ2v) is 4.54. The first-order chi connectivity index (χ1) is 8.22. The summed E-state index contributed by atoms with van der Waals surface area (Å²) >= 11 is 7.54. The summed E-state index contributed by atoms with van der Waals surface area (Å²) in [5.41, 5.74) is 8.23. The Kier molecular flexibility index (Phi) is 3.73. The SMILES string of the molecule is NC/C=C/C(=O)Nc1c(Cl)ccc2scnc12. The summed E-state index contributed by atoms with van der Waals surface area (Å²) in [5, 5.41) is 3.18. The summed E-state index contributed by atoms with van der Waals surface area (Å²) in [6.45, 7) is 0.321. The minimum Gasteiger partial charge on any atom is -0.327 e. The minimum absolute atomic E-state index is 0.266. The van der Waals surface area contributed by atoms with Crippen molar-refractivity contribution in [3.8, 4) is 0 Å². The van der Waals surface area contributed by atoms with Gasteiger partial charge in [-0.2, -0.15) is 0 Å². The van der Waals surface area contributed by atoms with Crippen molar-refractivity contribution in [2.45, 2.75) is 0 Å². The zero-order valence-corrected chi connectivity index (χ0v) is 10.4. The molecule has 0 spiro atoms. The number of carbonyl (C=O) groups excluding carboxylic acids is 1. The second-order valence-electron chi connectivity index (χ2n) is 3.25. The molecule has 1 aromatic heterocycles. The van der Waals surface area contributed by atoms with Gasteiger partial charge in [-0.25, -0.2) is 4.98 Å². The number of benzene rings is 1. The van der Waals surface area contributed by atoms with Crippen LogP contribution in [0.1, 0.15) is 0 Å². The van der Waals surface area contributed by atoms with Crippen molar-refractivity contribution in [2.24, 2.45) is 5.73 Å². The molecule has 1 aromatic carbocycles. The third kappa shape index (κ3) is 2.63. The van der Waals surface area contributed by atoms with Crippen LogP contribution in [0.2, 0.25) is 5.02 Å². The molecule has 6 heteroatoms. The van der Waals surface area contributed by atoms with Gasteiger partial charge in [-0.15, -0.1) is 11.3 Å². The Hall–Kier alpha value is -1.43. The van der Waals surface area contributed by atoms with E-state index in [-0.39, 0.29) is 5.91 Å². The number of rotatable bonds is 3. The summed E-state index contributed by atoms with van der Waals surface area (Å²) in [6.07, 6.45) is 2.95. The normalized spacial score (nSPS) is 11.2. The van der Waals surface area contributed by atoms with Crippen molar-refractivity contribution in [1.82, 2.24) is 4.98 Å². The van der Waals surface area contributed by atoms with Crippen LogP contribution in [0.15, 0.2) is 29.8 Å². The van der Waals surface area contributed by atoms with Gasteiger partial charge in [-0.3, -0.25) is 4.79 Å². The predicted octanol–water partition coefficient (Wildman–Crippen LogP) is 2.40. The van der Waals surface area contributed by atoms with Crippen LogP contribution in [-0.2, 0) is 4.79 Å². The number of hydrogen-bond acceptors (Lipinski definition) is 4. The molecule has 0 fully saturated rings. The van der Waals surface area contributed by atoms with E-state index in [0.29, 0.717) is 22.8 Å². The fourth-order valence-electron chi connectivity index (χ4n) is 1.37. The van der Waals surface area contributed by atoms with Crippen molar-refractivity contribution in [3.63, 3.8) is 0 Å². The lowest BCUT2D eigenvalue weighted by atomic mass is 10.3. The number of hydrogen-bond donors (Lipinski definition) is 2. The molecule has 0 saturated carbocycles. The Morgan fingerprint density at radius 3 is 3.18 bits per heavy atom. The number of nitrogens with zero attached hydrogens (tertiary/aromatic N) is 1. The first-order valence-corrected chi connectivity index (χ1v) is 6.17. The van der Waals surface area contributed by atoms with Gasteiger partial charge in [0, 0.05) is 12.6 Å². The summed E-state index contributed by atoms with van der Waals surface area (Å²) < 4.78 is 0.979. The zero-order valence-electron chi connectivity index (χ0n) is 8.81. The maximum atomic E-state index is 11.6. The van der Waals surface area contributed by atoms with Gasteiger partial charge in [0.1, 0.15) is 5.52 Å². The molecule has 0 aliphatic heterocycles. The monoisotopic (exact) mass is 267 g/mol. The molecule has 0 bridgehead atoms. The molecule has 0 saturated heterocycles. The zero-order chi connectivity index (χ0) is 12.3. The van der Waals surface area contributed by atoms with E-state index < -0.39 is 0 Å². The van der Waals surface area contributed by atoms with Crippen LogP contribution < -0.4 is 11.1 Å². The molecule has 2 aromatic rings. The van der Waals surface area contributed by atoms with Crippen LogP contribution in [0.4, 0.5) is 5.69 Å². The highest BCUT2D eigenvalue weighted by molar-refractivity contribution is 7.16. The smallest absolute Gasteiger partial charge is 0.248 e. The largest absolute Gasteiger partial charge is 0.327 e. The van der Waals surface area contributed by atoms with E-state index in [2.05, 4.69) is 10.3 Å². The van der Waals surface area contributed by atoms with Crippen LogP contribution in [0.25, 0.3) is 10.2 Å². The van der Waals surface area contributed by atoms with Crippen molar-refractivity contribution < 1.29 is 4.79 Å². The number of anilines is 1. The number of amides is 1. The van der Waals surface area contributed by atoms with Gasteiger partial charge in [0.15, 0.2) is 0 Å². The Balaban J connectivity index is 2.34. The molecule has 1 heterocycles. The molecule has 0 aliphatic rings. The van der Waals surface area contributed by atoms with Gasteiger partial charge in [-0.05, 0) is 12.1 Å². The average molecular weight is 268 g/mol. The summed E-state index contributed by atoms with van der Waals surface area (Å²) in [5.74, 6) is -0.266. The number of fused-ring (bicyclic) bond motifs is 1. The van der Waals surface area contributed by atoms with Crippen molar-refractivity contribution in [2.75, 3.05) is 11.9 Å². The number of thiazole rings is 1. The highest BCUT2D eigenvalue weighted by Gasteiger charge is 2.10. The molecule has 0 unspecified atom stereocenters. The van der Waals surface area contributed by atoms with Gasteiger partial charge in [0.25, 0.3) is 0 Å². The van der Waals surface area contributed by atoms with Crippen molar-refractivity contribution in [1.29, 1.82) is 0 Å². The molecule has 2 rings (SSSR count). The summed E-state index contributed by atoms with van der Waals surface area (Å²) in [6, 6.07) is 3.62. The number of carbonyl (C=O) groups is 1. The fourth-order valence-corrected chi connectivity index (χ4v) is 2.25. The summed E-state index contributed by atoms with van der Waals surface area (Å²) in [7, 11) is 0. The van der Waals surface area contributed by atoms with Gasteiger partial charge in [0.05, 0.1) is 20.9 Å². The summed E-state index contributed by atoms with van der Waals surface area (Å²) in [4.78, 5) is 15.7. The molecule has 0 atom stereocenters. The maximum Gasteiger partial charge on any atom is 0.248 e. The van der Waals surface area contributed by atoms with Crippen LogP contribution >= 0.6 is 22.9 Å². The highest BCUT2D eigenvalue weighted by atomic mass is 35.5. The molecule has 1 amide bonds. The Labute approximate surface area is 107 Å². The fraction of sp³-hybridized carbons (Fsp3) is 0.0909. The van der Waals surface area contributed by atoms with E-state index in [1.807, 2.05) is 6.07 Å². The molecule has 3 N–H and O–H groups in total. The number of aromatic nitrogens is 1. The van der Waals surface area contributed by atoms with Crippen LogP contribution in [0.5, 0.6) is 0 Å². The van der Waals surface area contributed by atoms with E-state index in [0.717, 1.165) is 4.70 Å². The van der Waals surface area contributed by atoms with E-state index in [1.54, 1.807) is 17.7 Å². The lowest BCUT2D eigenvalue weighted by molar-refractivity contribution is -0.111. The van der Waals surface area contributed by atoms with Gasteiger partial charge in [-0.1, -0.05) is 17.7 Å². The predicted molar refractivity (Wildman–Crippen MR) is 71.5 cm³/mol. The second kappa shape index (κ2) is 5.27. The van der Waals surface area contributed by atoms with Crippen molar-refractivity contribution in [3.05, 3.63) is 34.8 Å². The molecule has 0 radical (unpaired) electrons. The van der Waals surface area contributed by atoms with E-state index in [9.17, 15) is 4.79 Å². The van der Waals surface area contributed by atoms with E-state index in [1.165, 1.54) is 17.4 Å². The van der Waals surface area contributed by atoms with Gasteiger partial charge >= 0.3 is 0 Å². The van der Waals surface area contributed by atoms with E-state index >= 15 is 0 Å². The molecule has 88 valence electrons. The average Bonchev–Trinajstić information content (AvgIpc) is 2.78. The van der Waals surface area contributed by atoms with Gasteiger partial charge in [0.2, 0.25) is 5.91 Å². The molecular formula is C11H10ClN3OS. The molecular weight excluding hydrogens is 258 g/mol. The molecule has 17 heavy (non-hydrogen) atoms. The standard InChI is InChI=1S/C11H10ClN3OS/c12-7-3-4-8-11(14-6-17-8)10(7)15-9(16)2-1-5-13/h1-4,6H,5,13H2,(H,15,16)/b2-1+. The lowest BCUT2D eigenvalue weighted by Crippen LogP contribution is -2.09. The molecule has 4 nitrogen and oxygen atoms in total. The quantitative estimate of drug-likeness (QED) is 0.839. The topological polar surface area (TPSA) is 68.0 Å². The third-order valence-electron chi connectivity index (χ3n) is 2.11. The van der Waals surface area contributed by atoms with Crippen molar-refractivity contribution >= 4 is 44.7 Å². The number of halogens is 1. The van der Waals surface area contributed by atoms with E-state index in [4.69, 9.17) is 17.3 Å². The Morgan fingerprint density at radius 2 is 2.41 bits per heavy atom.